The minimum Gasteiger partial charge on any atom is -0.368 e. The number of nitrogens with two attached hydrogens (primary N) is 1. The number of amides is 1. The van der Waals surface area contributed by atoms with Crippen molar-refractivity contribution in [3.8, 4) is 0 Å². The summed E-state index contributed by atoms with van der Waals surface area (Å²) in [5.74, 6) is -0.747. The Kier molecular flexibility index (Phi) is 6.61. The molecule has 0 aliphatic rings. The third-order valence-electron chi connectivity index (χ3n) is 4.71. The van der Waals surface area contributed by atoms with Crippen LogP contribution in [0.25, 0.3) is 0 Å². The number of primary amides is 1. The second-order valence-electron chi connectivity index (χ2n) is 7.22. The zero-order valence-electron chi connectivity index (χ0n) is 16.7. The molecule has 7 heteroatoms. The number of carbonyl (C=O) groups is 1. The number of halogens is 1. The van der Waals surface area contributed by atoms with Crippen LogP contribution in [0.15, 0.2) is 77.7 Å². The molecule has 0 saturated heterocycles. The number of hydrogen-bond donors (Lipinski definition) is 1. The van der Waals surface area contributed by atoms with E-state index in [-0.39, 0.29) is 11.4 Å². The van der Waals surface area contributed by atoms with Crippen LogP contribution in [-0.2, 0) is 21.4 Å². The molecule has 0 fully saturated rings. The van der Waals surface area contributed by atoms with E-state index >= 15 is 0 Å². The predicted octanol–water partition coefficient (Wildman–Crippen LogP) is 4.37. The van der Waals surface area contributed by atoms with E-state index in [1.807, 2.05) is 32.0 Å². The van der Waals surface area contributed by atoms with Crippen molar-refractivity contribution < 1.29 is 13.2 Å². The minimum atomic E-state index is -4.06. The fourth-order valence-electron chi connectivity index (χ4n) is 3.50. The van der Waals surface area contributed by atoms with Gasteiger partial charge in [-0.25, -0.2) is 8.42 Å². The molecule has 1 unspecified atom stereocenters. The van der Waals surface area contributed by atoms with Gasteiger partial charge >= 0.3 is 0 Å². The number of rotatable bonds is 7. The number of sulfonamides is 1. The van der Waals surface area contributed by atoms with Gasteiger partial charge in [-0.15, -0.1) is 0 Å². The van der Waals surface area contributed by atoms with Gasteiger partial charge in [0.2, 0.25) is 15.9 Å². The second-order valence-corrected chi connectivity index (χ2v) is 9.54. The van der Waals surface area contributed by atoms with Gasteiger partial charge in [-0.1, -0.05) is 71.3 Å². The lowest BCUT2D eigenvalue weighted by Crippen LogP contribution is -2.41. The summed E-state index contributed by atoms with van der Waals surface area (Å²) in [4.78, 5) is 12.5. The summed E-state index contributed by atoms with van der Waals surface area (Å²) in [6, 6.07) is 19.2. The lowest BCUT2D eigenvalue weighted by atomic mass is 10.0. The molecule has 1 amide bonds. The van der Waals surface area contributed by atoms with Crippen molar-refractivity contribution in [2.75, 3.05) is 0 Å². The monoisotopic (exact) mass is 442 g/mol. The van der Waals surface area contributed by atoms with E-state index in [1.54, 1.807) is 30.3 Å². The lowest BCUT2D eigenvalue weighted by Gasteiger charge is -2.29. The highest BCUT2D eigenvalue weighted by molar-refractivity contribution is 7.89. The van der Waals surface area contributed by atoms with E-state index in [2.05, 4.69) is 0 Å². The third kappa shape index (κ3) is 4.90. The normalized spacial score (nSPS) is 12.7. The largest absolute Gasteiger partial charge is 0.368 e. The Balaban J connectivity index is 2.16. The molecule has 156 valence electrons. The molecule has 30 heavy (non-hydrogen) atoms. The molecule has 3 aromatic carbocycles. The molecule has 3 rings (SSSR count). The number of carbonyl (C=O) groups excluding carboxylic acids is 1. The van der Waals surface area contributed by atoms with Crippen molar-refractivity contribution >= 4 is 27.5 Å². The molecule has 0 aliphatic heterocycles. The minimum absolute atomic E-state index is 0.00399. The molecule has 0 aromatic heterocycles. The van der Waals surface area contributed by atoms with Crippen LogP contribution in [0.4, 0.5) is 0 Å². The Morgan fingerprint density at radius 3 is 2.07 bits per heavy atom. The van der Waals surface area contributed by atoms with Gasteiger partial charge in [0.15, 0.2) is 0 Å². The van der Waals surface area contributed by atoms with Crippen LogP contribution in [0.1, 0.15) is 28.3 Å². The Morgan fingerprint density at radius 1 is 0.967 bits per heavy atom. The van der Waals surface area contributed by atoms with Gasteiger partial charge in [-0.05, 0) is 49.2 Å². The maximum absolute atomic E-state index is 13.6. The smallest absolute Gasteiger partial charge is 0.244 e. The van der Waals surface area contributed by atoms with Gasteiger partial charge in [0, 0.05) is 11.6 Å². The molecule has 3 aromatic rings. The standard InChI is InChI=1S/C23H23ClN2O3S/c1-16-12-17(2)14-18(13-16)15-26(22(23(25)27)19-6-4-3-5-7-19)30(28,29)21-10-8-20(24)9-11-21/h3-14,22H,15H2,1-2H3,(H2,25,27). The molecule has 1 atom stereocenters. The van der Waals surface area contributed by atoms with Gasteiger partial charge in [0.05, 0.1) is 4.90 Å². The summed E-state index contributed by atoms with van der Waals surface area (Å²) >= 11 is 5.93. The van der Waals surface area contributed by atoms with E-state index in [0.717, 1.165) is 21.0 Å². The lowest BCUT2D eigenvalue weighted by molar-refractivity contribution is -0.122. The van der Waals surface area contributed by atoms with Crippen LogP contribution in [0.5, 0.6) is 0 Å². The van der Waals surface area contributed by atoms with E-state index in [9.17, 15) is 13.2 Å². The summed E-state index contributed by atoms with van der Waals surface area (Å²) in [5.41, 5.74) is 9.00. The summed E-state index contributed by atoms with van der Waals surface area (Å²) in [6.45, 7) is 3.88. The first kappa shape index (κ1) is 22.0. The predicted molar refractivity (Wildman–Crippen MR) is 118 cm³/mol. The number of benzene rings is 3. The average Bonchev–Trinajstić information content (AvgIpc) is 2.67. The molecular weight excluding hydrogens is 420 g/mol. The first-order chi connectivity index (χ1) is 14.2. The van der Waals surface area contributed by atoms with Crippen molar-refractivity contribution in [2.24, 2.45) is 5.73 Å². The third-order valence-corrected chi connectivity index (χ3v) is 6.79. The van der Waals surface area contributed by atoms with Crippen LogP contribution in [0.3, 0.4) is 0 Å². The summed E-state index contributed by atoms with van der Waals surface area (Å²) < 4.78 is 28.4. The average molecular weight is 443 g/mol. The van der Waals surface area contributed by atoms with Crippen LogP contribution < -0.4 is 5.73 Å². The molecular formula is C23H23ClN2O3S. The van der Waals surface area contributed by atoms with Gasteiger partial charge in [0.1, 0.15) is 6.04 Å². The zero-order valence-corrected chi connectivity index (χ0v) is 18.3. The van der Waals surface area contributed by atoms with Crippen LogP contribution in [0.2, 0.25) is 5.02 Å². The highest BCUT2D eigenvalue weighted by Gasteiger charge is 2.36. The van der Waals surface area contributed by atoms with Crippen LogP contribution in [-0.4, -0.2) is 18.6 Å². The van der Waals surface area contributed by atoms with Gasteiger partial charge in [-0.2, -0.15) is 4.31 Å². The van der Waals surface area contributed by atoms with Crippen LogP contribution >= 0.6 is 11.6 Å². The first-order valence-corrected chi connectivity index (χ1v) is 11.2. The van der Waals surface area contributed by atoms with Crippen LogP contribution in [0, 0.1) is 13.8 Å². The molecule has 0 heterocycles. The molecule has 0 saturated carbocycles. The maximum atomic E-state index is 13.6. The summed E-state index contributed by atoms with van der Waals surface area (Å²) in [7, 11) is -4.06. The Hall–Kier alpha value is -2.67. The second kappa shape index (κ2) is 9.00. The number of nitrogens with zero attached hydrogens (tertiary/aromatic N) is 1. The molecule has 0 spiro atoms. The highest BCUT2D eigenvalue weighted by Crippen LogP contribution is 2.30. The number of aryl methyl sites for hydroxylation is 2. The Morgan fingerprint density at radius 2 is 1.53 bits per heavy atom. The zero-order chi connectivity index (χ0) is 21.9. The van der Waals surface area contributed by atoms with E-state index in [0.29, 0.717) is 10.6 Å². The van der Waals surface area contributed by atoms with E-state index in [1.165, 1.54) is 24.3 Å². The summed E-state index contributed by atoms with van der Waals surface area (Å²) in [6.07, 6.45) is 0. The number of hydrogen-bond acceptors (Lipinski definition) is 3. The fourth-order valence-corrected chi connectivity index (χ4v) is 5.20. The van der Waals surface area contributed by atoms with Gasteiger partial charge in [0.25, 0.3) is 0 Å². The van der Waals surface area contributed by atoms with Crippen molar-refractivity contribution in [2.45, 2.75) is 31.3 Å². The van der Waals surface area contributed by atoms with E-state index < -0.39 is 22.0 Å². The SMILES string of the molecule is Cc1cc(C)cc(CN(C(C(N)=O)c2ccccc2)S(=O)(=O)c2ccc(Cl)cc2)c1. The highest BCUT2D eigenvalue weighted by atomic mass is 35.5. The quantitative estimate of drug-likeness (QED) is 0.589. The Bertz CT molecular complexity index is 1130. The van der Waals surface area contributed by atoms with Crippen molar-refractivity contribution in [3.05, 3.63) is 100 Å². The molecule has 0 radical (unpaired) electrons. The van der Waals surface area contributed by atoms with Crippen molar-refractivity contribution in [3.63, 3.8) is 0 Å². The summed E-state index contributed by atoms with van der Waals surface area (Å²) in [5, 5.41) is 0.421. The molecule has 5 nitrogen and oxygen atoms in total. The Labute approximate surface area is 182 Å². The van der Waals surface area contributed by atoms with Crippen molar-refractivity contribution in [1.82, 2.24) is 4.31 Å². The van der Waals surface area contributed by atoms with Gasteiger partial charge in [-0.3, -0.25) is 4.79 Å². The van der Waals surface area contributed by atoms with E-state index in [4.69, 9.17) is 17.3 Å². The molecule has 0 aliphatic carbocycles. The van der Waals surface area contributed by atoms with Crippen molar-refractivity contribution in [1.29, 1.82) is 0 Å². The molecule has 0 bridgehead atoms. The maximum Gasteiger partial charge on any atom is 0.244 e. The fraction of sp³-hybridized carbons (Fsp3) is 0.174. The molecule has 2 N–H and O–H groups in total. The first-order valence-electron chi connectivity index (χ1n) is 9.37. The topological polar surface area (TPSA) is 80.5 Å². The van der Waals surface area contributed by atoms with Gasteiger partial charge < -0.3 is 5.73 Å².